The van der Waals surface area contributed by atoms with Gasteiger partial charge in [0.15, 0.2) is 0 Å². The van der Waals surface area contributed by atoms with Crippen molar-refractivity contribution in [1.82, 2.24) is 5.32 Å². The number of rotatable bonds is 6. The smallest absolute Gasteiger partial charge is 0.0914 e. The molecule has 2 rings (SSSR count). The molecule has 1 unspecified atom stereocenters. The fraction of sp³-hybridized carbons (Fsp3) is 0.375. The molecule has 0 saturated heterocycles. The standard InChI is InChI=1S/C16H20BrNOS/c1-11(2)12-3-5-13(6-4-12)16(19)9-18-8-15-7-14(17)10-20-15/h3-7,10-11,16,18-19H,8-9H2,1-2H3. The minimum absolute atomic E-state index is 0.459. The van der Waals surface area contributed by atoms with Crippen LogP contribution in [0.5, 0.6) is 0 Å². The van der Waals surface area contributed by atoms with Gasteiger partial charge in [-0.25, -0.2) is 0 Å². The molecule has 2 aromatic rings. The normalized spacial score (nSPS) is 12.8. The van der Waals surface area contributed by atoms with Gasteiger partial charge in [-0.1, -0.05) is 38.1 Å². The third-order valence-electron chi connectivity index (χ3n) is 3.25. The quantitative estimate of drug-likeness (QED) is 0.803. The average Bonchev–Trinajstić information content (AvgIpc) is 2.84. The molecule has 0 aliphatic rings. The van der Waals surface area contributed by atoms with Gasteiger partial charge in [0.2, 0.25) is 0 Å². The summed E-state index contributed by atoms with van der Waals surface area (Å²) < 4.78 is 1.11. The van der Waals surface area contributed by atoms with E-state index in [-0.39, 0.29) is 0 Å². The van der Waals surface area contributed by atoms with Crippen LogP contribution in [-0.2, 0) is 6.54 Å². The minimum Gasteiger partial charge on any atom is -0.387 e. The topological polar surface area (TPSA) is 32.3 Å². The minimum atomic E-state index is -0.459. The Hall–Kier alpha value is -0.680. The van der Waals surface area contributed by atoms with Crippen LogP contribution in [0.4, 0.5) is 0 Å². The van der Waals surface area contributed by atoms with Crippen LogP contribution in [0.25, 0.3) is 0 Å². The molecule has 0 saturated carbocycles. The largest absolute Gasteiger partial charge is 0.387 e. The van der Waals surface area contributed by atoms with Crippen LogP contribution in [0.3, 0.4) is 0 Å². The molecule has 0 amide bonds. The molecule has 1 atom stereocenters. The average molecular weight is 354 g/mol. The highest BCUT2D eigenvalue weighted by Crippen LogP contribution is 2.20. The molecule has 1 aromatic heterocycles. The number of aliphatic hydroxyl groups is 1. The van der Waals surface area contributed by atoms with Gasteiger partial charge in [0.25, 0.3) is 0 Å². The number of benzene rings is 1. The molecule has 1 heterocycles. The Morgan fingerprint density at radius 2 is 1.85 bits per heavy atom. The van der Waals surface area contributed by atoms with Crippen molar-refractivity contribution in [2.45, 2.75) is 32.4 Å². The maximum absolute atomic E-state index is 10.2. The number of hydrogen-bond donors (Lipinski definition) is 2. The van der Waals surface area contributed by atoms with Crippen LogP contribution < -0.4 is 5.32 Å². The molecular formula is C16H20BrNOS. The fourth-order valence-corrected chi connectivity index (χ4v) is 3.42. The second-order valence-electron chi connectivity index (χ2n) is 5.20. The number of halogens is 1. The SMILES string of the molecule is CC(C)c1ccc(C(O)CNCc2cc(Br)cs2)cc1. The second-order valence-corrected chi connectivity index (χ2v) is 7.11. The predicted octanol–water partition coefficient (Wildman–Crippen LogP) is 4.46. The summed E-state index contributed by atoms with van der Waals surface area (Å²) in [6.45, 7) is 5.70. The van der Waals surface area contributed by atoms with Gasteiger partial charge in [0, 0.05) is 27.8 Å². The lowest BCUT2D eigenvalue weighted by atomic mass is 10.00. The van der Waals surface area contributed by atoms with Crippen molar-refractivity contribution in [2.24, 2.45) is 0 Å². The van der Waals surface area contributed by atoms with Gasteiger partial charge in [0.1, 0.15) is 0 Å². The summed E-state index contributed by atoms with van der Waals surface area (Å²) in [5, 5.41) is 15.5. The highest BCUT2D eigenvalue weighted by atomic mass is 79.9. The molecular weight excluding hydrogens is 334 g/mol. The van der Waals surface area contributed by atoms with E-state index in [1.165, 1.54) is 10.4 Å². The Morgan fingerprint density at radius 1 is 1.20 bits per heavy atom. The molecule has 0 aliphatic heterocycles. The first kappa shape index (κ1) is 15.7. The summed E-state index contributed by atoms with van der Waals surface area (Å²) >= 11 is 5.15. The summed E-state index contributed by atoms with van der Waals surface area (Å²) in [4.78, 5) is 1.26. The molecule has 2 nitrogen and oxygen atoms in total. The lowest BCUT2D eigenvalue weighted by Crippen LogP contribution is -2.20. The van der Waals surface area contributed by atoms with E-state index in [1.54, 1.807) is 11.3 Å². The molecule has 1 aromatic carbocycles. The van der Waals surface area contributed by atoms with Crippen molar-refractivity contribution >= 4 is 27.3 Å². The summed E-state index contributed by atoms with van der Waals surface area (Å²) in [5.41, 5.74) is 2.27. The summed E-state index contributed by atoms with van der Waals surface area (Å²) in [5.74, 6) is 0.525. The third-order valence-corrected chi connectivity index (χ3v) is 4.94. The third kappa shape index (κ3) is 4.42. The highest BCUT2D eigenvalue weighted by Gasteiger charge is 2.08. The first-order chi connectivity index (χ1) is 9.56. The van der Waals surface area contributed by atoms with Crippen LogP contribution in [0.15, 0.2) is 40.2 Å². The Kier molecular flexibility index (Phi) is 5.78. The van der Waals surface area contributed by atoms with Gasteiger partial charge in [-0.3, -0.25) is 0 Å². The first-order valence-electron chi connectivity index (χ1n) is 6.78. The molecule has 0 fully saturated rings. The van der Waals surface area contributed by atoms with E-state index in [0.29, 0.717) is 12.5 Å². The fourth-order valence-electron chi connectivity index (χ4n) is 2.00. The number of hydrogen-bond acceptors (Lipinski definition) is 3. The summed E-state index contributed by atoms with van der Waals surface area (Å²) in [7, 11) is 0. The van der Waals surface area contributed by atoms with Crippen molar-refractivity contribution in [3.8, 4) is 0 Å². The maximum atomic E-state index is 10.2. The molecule has 0 spiro atoms. The predicted molar refractivity (Wildman–Crippen MR) is 89.2 cm³/mol. The van der Waals surface area contributed by atoms with Crippen LogP contribution in [0, 0.1) is 0 Å². The first-order valence-corrected chi connectivity index (χ1v) is 8.45. The van der Waals surface area contributed by atoms with Crippen LogP contribution >= 0.6 is 27.3 Å². The van der Waals surface area contributed by atoms with Gasteiger partial charge < -0.3 is 10.4 Å². The van der Waals surface area contributed by atoms with E-state index in [0.717, 1.165) is 16.6 Å². The van der Waals surface area contributed by atoms with Crippen molar-refractivity contribution in [3.63, 3.8) is 0 Å². The van der Waals surface area contributed by atoms with Gasteiger partial charge in [0.05, 0.1) is 6.10 Å². The zero-order chi connectivity index (χ0) is 14.5. The Balaban J connectivity index is 1.83. The Morgan fingerprint density at radius 3 is 2.40 bits per heavy atom. The van der Waals surface area contributed by atoms with E-state index in [2.05, 4.69) is 58.7 Å². The van der Waals surface area contributed by atoms with Gasteiger partial charge in [-0.05, 0) is 39.0 Å². The molecule has 108 valence electrons. The molecule has 20 heavy (non-hydrogen) atoms. The summed E-state index contributed by atoms with van der Waals surface area (Å²) in [6, 6.07) is 10.3. The number of thiophene rings is 1. The Labute approximate surface area is 133 Å². The lowest BCUT2D eigenvalue weighted by molar-refractivity contribution is 0.174. The van der Waals surface area contributed by atoms with Gasteiger partial charge in [-0.2, -0.15) is 0 Å². The van der Waals surface area contributed by atoms with E-state index in [4.69, 9.17) is 0 Å². The molecule has 2 N–H and O–H groups in total. The maximum Gasteiger partial charge on any atom is 0.0914 e. The van der Waals surface area contributed by atoms with Crippen molar-refractivity contribution < 1.29 is 5.11 Å². The van der Waals surface area contributed by atoms with Crippen LogP contribution in [-0.4, -0.2) is 11.7 Å². The van der Waals surface area contributed by atoms with E-state index in [1.807, 2.05) is 12.1 Å². The molecule has 4 heteroatoms. The zero-order valence-corrected chi connectivity index (χ0v) is 14.2. The molecule has 0 bridgehead atoms. The highest BCUT2D eigenvalue weighted by molar-refractivity contribution is 9.10. The van der Waals surface area contributed by atoms with E-state index in [9.17, 15) is 5.11 Å². The van der Waals surface area contributed by atoms with Crippen LogP contribution in [0.1, 0.15) is 41.9 Å². The monoisotopic (exact) mass is 353 g/mol. The van der Waals surface area contributed by atoms with Crippen molar-refractivity contribution in [3.05, 3.63) is 56.2 Å². The molecule has 0 radical (unpaired) electrons. The van der Waals surface area contributed by atoms with Gasteiger partial charge >= 0.3 is 0 Å². The lowest BCUT2D eigenvalue weighted by Gasteiger charge is -2.13. The van der Waals surface area contributed by atoms with Crippen molar-refractivity contribution in [2.75, 3.05) is 6.54 Å². The van der Waals surface area contributed by atoms with Gasteiger partial charge in [-0.15, -0.1) is 11.3 Å². The van der Waals surface area contributed by atoms with Crippen LogP contribution in [0.2, 0.25) is 0 Å². The summed E-state index contributed by atoms with van der Waals surface area (Å²) in [6.07, 6.45) is -0.459. The van der Waals surface area contributed by atoms with E-state index >= 15 is 0 Å². The second kappa shape index (κ2) is 7.36. The number of nitrogens with one attached hydrogen (secondary N) is 1. The zero-order valence-electron chi connectivity index (χ0n) is 11.8. The number of aliphatic hydroxyl groups excluding tert-OH is 1. The molecule has 0 aliphatic carbocycles. The van der Waals surface area contributed by atoms with Crippen molar-refractivity contribution in [1.29, 1.82) is 0 Å². The Bertz CT molecular complexity index is 536. The van der Waals surface area contributed by atoms with E-state index < -0.39 is 6.10 Å².